The molecule has 21 heavy (non-hydrogen) atoms. The number of fused-ring (bicyclic) bond motifs is 5. The summed E-state index contributed by atoms with van der Waals surface area (Å²) in [4.78, 5) is 0. The van der Waals surface area contributed by atoms with Crippen molar-refractivity contribution in [2.75, 3.05) is 0 Å². The van der Waals surface area contributed by atoms with Crippen LogP contribution in [0, 0.1) is 17.3 Å². The van der Waals surface area contributed by atoms with Gasteiger partial charge in [0, 0.05) is 0 Å². The average molecular weight is 282 g/mol. The van der Waals surface area contributed by atoms with Gasteiger partial charge < -0.3 is 5.11 Å². The number of phenolic OH excluding ortho intramolecular Hbond substituents is 1. The van der Waals surface area contributed by atoms with Crippen molar-refractivity contribution >= 4 is 0 Å². The standard InChI is InChI=1S/C20H26O/c1-3-14-5-9-19-18-7-4-13-12-15(21)6-8-16(13)17(18)10-11-20(14,19)2/h3,6,8,12,17-19,21H,4-5,7,9-11H2,1-2H3/t17-,18-,19+,20-/m1/s1. The highest BCUT2D eigenvalue weighted by molar-refractivity contribution is 5.40. The van der Waals surface area contributed by atoms with Crippen molar-refractivity contribution in [2.24, 2.45) is 17.3 Å². The number of benzene rings is 1. The largest absolute Gasteiger partial charge is 0.508 e. The molecule has 1 aromatic rings. The van der Waals surface area contributed by atoms with Gasteiger partial charge in [-0.1, -0.05) is 24.6 Å². The van der Waals surface area contributed by atoms with Crippen molar-refractivity contribution in [1.29, 1.82) is 0 Å². The Morgan fingerprint density at radius 2 is 2.05 bits per heavy atom. The van der Waals surface area contributed by atoms with Crippen molar-refractivity contribution in [1.82, 2.24) is 0 Å². The van der Waals surface area contributed by atoms with E-state index in [1.54, 1.807) is 11.1 Å². The number of hydrogen-bond donors (Lipinski definition) is 1. The van der Waals surface area contributed by atoms with Crippen molar-refractivity contribution in [3.8, 4) is 5.75 Å². The number of aromatic hydroxyl groups is 1. The second-order valence-corrected chi connectivity index (χ2v) is 7.61. The molecule has 4 rings (SSSR count). The molecule has 112 valence electrons. The molecule has 4 atom stereocenters. The lowest BCUT2D eigenvalue weighted by Gasteiger charge is -2.49. The van der Waals surface area contributed by atoms with E-state index in [1.165, 1.54) is 37.7 Å². The Kier molecular flexibility index (Phi) is 2.96. The number of phenols is 1. The molecule has 1 nitrogen and oxygen atoms in total. The van der Waals surface area contributed by atoms with Gasteiger partial charge in [-0.3, -0.25) is 0 Å². The van der Waals surface area contributed by atoms with Gasteiger partial charge in [-0.25, -0.2) is 0 Å². The highest BCUT2D eigenvalue weighted by Gasteiger charge is 2.52. The maximum absolute atomic E-state index is 9.73. The van der Waals surface area contributed by atoms with Gasteiger partial charge in [0.1, 0.15) is 5.75 Å². The maximum atomic E-state index is 9.73. The molecule has 2 saturated carbocycles. The summed E-state index contributed by atoms with van der Waals surface area (Å²) in [7, 11) is 0. The van der Waals surface area contributed by atoms with E-state index in [9.17, 15) is 5.11 Å². The Morgan fingerprint density at radius 3 is 2.86 bits per heavy atom. The molecule has 0 saturated heterocycles. The van der Waals surface area contributed by atoms with Crippen LogP contribution in [0.3, 0.4) is 0 Å². The lowest BCUT2D eigenvalue weighted by molar-refractivity contribution is 0.0813. The van der Waals surface area contributed by atoms with E-state index in [1.807, 2.05) is 12.1 Å². The first-order chi connectivity index (χ1) is 10.1. The molecule has 3 aliphatic carbocycles. The molecule has 0 unspecified atom stereocenters. The van der Waals surface area contributed by atoms with Crippen LogP contribution < -0.4 is 0 Å². The van der Waals surface area contributed by atoms with E-state index in [2.05, 4.69) is 26.0 Å². The Morgan fingerprint density at radius 1 is 1.19 bits per heavy atom. The number of allylic oxidation sites excluding steroid dienone is 2. The highest BCUT2D eigenvalue weighted by atomic mass is 16.3. The number of aryl methyl sites for hydroxylation is 1. The van der Waals surface area contributed by atoms with Crippen LogP contribution in [0.1, 0.15) is 63.0 Å². The zero-order valence-corrected chi connectivity index (χ0v) is 13.2. The summed E-state index contributed by atoms with van der Waals surface area (Å²) < 4.78 is 0. The average Bonchev–Trinajstić information content (AvgIpc) is 2.83. The smallest absolute Gasteiger partial charge is 0.115 e. The second kappa shape index (κ2) is 4.63. The summed E-state index contributed by atoms with van der Waals surface area (Å²) in [5.41, 5.74) is 5.15. The third kappa shape index (κ3) is 1.82. The van der Waals surface area contributed by atoms with E-state index in [-0.39, 0.29) is 0 Å². The first kappa shape index (κ1) is 13.4. The fraction of sp³-hybridized carbons (Fsp3) is 0.600. The van der Waals surface area contributed by atoms with Crippen LogP contribution >= 0.6 is 0 Å². The topological polar surface area (TPSA) is 20.2 Å². The quantitative estimate of drug-likeness (QED) is 0.649. The van der Waals surface area contributed by atoms with Crippen LogP contribution in [-0.4, -0.2) is 5.11 Å². The Bertz CT molecular complexity index is 600. The van der Waals surface area contributed by atoms with E-state index in [4.69, 9.17) is 0 Å². The van der Waals surface area contributed by atoms with Crippen molar-refractivity contribution in [3.05, 3.63) is 41.0 Å². The molecule has 1 heteroatoms. The summed E-state index contributed by atoms with van der Waals surface area (Å²) in [6, 6.07) is 6.10. The van der Waals surface area contributed by atoms with E-state index in [0.717, 1.165) is 24.2 Å². The van der Waals surface area contributed by atoms with Crippen LogP contribution in [-0.2, 0) is 6.42 Å². The van der Waals surface area contributed by atoms with E-state index in [0.29, 0.717) is 11.2 Å². The predicted octanol–water partition coefficient (Wildman–Crippen LogP) is 5.19. The SMILES string of the molecule is CC=C1CC[C@H]2[C@@H]3CCc4cc(O)ccc4[C@H]3CC[C@]12C. The molecule has 1 N–H and O–H groups in total. The van der Waals surface area contributed by atoms with Crippen LogP contribution in [0.4, 0.5) is 0 Å². The van der Waals surface area contributed by atoms with Crippen LogP contribution in [0.15, 0.2) is 29.8 Å². The maximum Gasteiger partial charge on any atom is 0.115 e. The van der Waals surface area contributed by atoms with Crippen molar-refractivity contribution in [3.63, 3.8) is 0 Å². The van der Waals surface area contributed by atoms with Gasteiger partial charge in [-0.05, 0) is 91.9 Å². The van der Waals surface area contributed by atoms with Gasteiger partial charge in [-0.15, -0.1) is 0 Å². The molecule has 0 spiro atoms. The Labute approximate surface area is 128 Å². The lowest BCUT2D eigenvalue weighted by atomic mass is 9.55. The molecule has 1 aromatic carbocycles. The third-order valence-corrected chi connectivity index (χ3v) is 6.91. The van der Waals surface area contributed by atoms with E-state index < -0.39 is 0 Å². The summed E-state index contributed by atoms with van der Waals surface area (Å²) in [6.07, 6.45) is 10.3. The van der Waals surface area contributed by atoms with E-state index >= 15 is 0 Å². The molecular weight excluding hydrogens is 256 g/mol. The minimum atomic E-state index is 0.435. The minimum absolute atomic E-state index is 0.435. The Hall–Kier alpha value is -1.24. The Balaban J connectivity index is 1.72. The van der Waals surface area contributed by atoms with Gasteiger partial charge in [0.15, 0.2) is 0 Å². The van der Waals surface area contributed by atoms with Crippen molar-refractivity contribution in [2.45, 2.75) is 58.3 Å². The molecule has 0 heterocycles. The second-order valence-electron chi connectivity index (χ2n) is 7.61. The fourth-order valence-electron chi connectivity index (χ4n) is 5.89. The first-order valence-corrected chi connectivity index (χ1v) is 8.61. The van der Waals surface area contributed by atoms with Crippen molar-refractivity contribution < 1.29 is 5.11 Å². The van der Waals surface area contributed by atoms with Gasteiger partial charge in [0.25, 0.3) is 0 Å². The summed E-state index contributed by atoms with van der Waals surface area (Å²) in [6.45, 7) is 4.76. The first-order valence-electron chi connectivity index (χ1n) is 8.61. The normalized spacial score (nSPS) is 39.7. The summed E-state index contributed by atoms with van der Waals surface area (Å²) in [5.74, 6) is 2.91. The molecule has 0 radical (unpaired) electrons. The molecule has 0 aromatic heterocycles. The van der Waals surface area contributed by atoms with Crippen LogP contribution in [0.25, 0.3) is 0 Å². The number of rotatable bonds is 0. The zero-order valence-electron chi connectivity index (χ0n) is 13.2. The summed E-state index contributed by atoms with van der Waals surface area (Å²) in [5, 5.41) is 9.73. The molecule has 0 bridgehead atoms. The minimum Gasteiger partial charge on any atom is -0.508 e. The third-order valence-electron chi connectivity index (χ3n) is 6.91. The van der Waals surface area contributed by atoms with Gasteiger partial charge >= 0.3 is 0 Å². The molecule has 3 aliphatic rings. The lowest BCUT2D eigenvalue weighted by Crippen LogP contribution is -2.40. The zero-order chi connectivity index (χ0) is 14.6. The molecule has 0 amide bonds. The monoisotopic (exact) mass is 282 g/mol. The van der Waals surface area contributed by atoms with Gasteiger partial charge in [0.05, 0.1) is 0 Å². The number of hydrogen-bond acceptors (Lipinski definition) is 1. The molecular formula is C20H26O. The van der Waals surface area contributed by atoms with Crippen LogP contribution in [0.2, 0.25) is 0 Å². The fourth-order valence-corrected chi connectivity index (χ4v) is 5.89. The van der Waals surface area contributed by atoms with Gasteiger partial charge in [-0.2, -0.15) is 0 Å². The van der Waals surface area contributed by atoms with Crippen LogP contribution in [0.5, 0.6) is 5.75 Å². The predicted molar refractivity (Wildman–Crippen MR) is 86.5 cm³/mol. The highest BCUT2D eigenvalue weighted by Crippen LogP contribution is 2.62. The molecule has 0 aliphatic heterocycles. The molecule has 2 fully saturated rings. The van der Waals surface area contributed by atoms with Gasteiger partial charge in [0.2, 0.25) is 0 Å². The summed E-state index contributed by atoms with van der Waals surface area (Å²) >= 11 is 0.